The van der Waals surface area contributed by atoms with Gasteiger partial charge in [0.25, 0.3) is 5.91 Å². The van der Waals surface area contributed by atoms with Crippen LogP contribution in [0.25, 0.3) is 0 Å². The number of aliphatic imine (C=N–C) groups is 2. The summed E-state index contributed by atoms with van der Waals surface area (Å²) in [6, 6.07) is 1.21. The zero-order chi connectivity index (χ0) is 28.5. The molecule has 1 fully saturated rings. The lowest BCUT2D eigenvalue weighted by Gasteiger charge is -2.49. The molecule has 16 heteroatoms. The Hall–Kier alpha value is -3.79. The van der Waals surface area contributed by atoms with Gasteiger partial charge in [-0.05, 0) is 17.9 Å². The molecule has 1 spiro atoms. The van der Waals surface area contributed by atoms with Crippen LogP contribution in [0.5, 0.6) is 5.75 Å². The average Bonchev–Trinajstić information content (AvgIpc) is 3.31. The van der Waals surface area contributed by atoms with Crippen LogP contribution in [0.3, 0.4) is 0 Å². The number of hydrogen-bond acceptors (Lipinski definition) is 11. The van der Waals surface area contributed by atoms with E-state index < -0.39 is 54.1 Å². The first kappa shape index (κ1) is 26.8. The van der Waals surface area contributed by atoms with E-state index in [0.717, 1.165) is 12.0 Å². The van der Waals surface area contributed by atoms with E-state index >= 15 is 0 Å². The average molecular weight is 555 g/mol. The lowest BCUT2D eigenvalue weighted by Crippen LogP contribution is -2.78. The van der Waals surface area contributed by atoms with Crippen LogP contribution < -0.4 is 32.2 Å². The van der Waals surface area contributed by atoms with E-state index in [1.807, 2.05) is 19.9 Å². The summed E-state index contributed by atoms with van der Waals surface area (Å²) in [6.07, 6.45) is -4.39. The van der Waals surface area contributed by atoms with Crippen LogP contribution in [-0.4, -0.2) is 94.3 Å². The summed E-state index contributed by atoms with van der Waals surface area (Å²) in [5.41, 5.74) is 10.8. The standard InChI is InChI=1S/C23H29F3N8O5/c1-20(2)6-7-39-14-10(4-3-5-11(14)20)16(35)31-13-9-34-19(28)30-12(8-29-17(36)23(24,25)26)15-21(34,22(13,37)38)33-18(27)32-15/h3-5,12-13,15,37-38H,6-9H2,1-2H3,(H2,28,30)(H,29,36)(H,31,35)(H3,27,32,33)/t12-,13-,15-,21-/m0/s1. The molecule has 212 valence electrons. The van der Waals surface area contributed by atoms with Gasteiger partial charge in [-0.3, -0.25) is 9.59 Å². The summed E-state index contributed by atoms with van der Waals surface area (Å²) in [6.45, 7) is 3.53. The van der Waals surface area contributed by atoms with Crippen molar-refractivity contribution in [3.05, 3.63) is 29.3 Å². The lowest BCUT2D eigenvalue weighted by atomic mass is 9.79. The molecule has 1 aromatic rings. The van der Waals surface area contributed by atoms with E-state index in [9.17, 15) is 33.0 Å². The van der Waals surface area contributed by atoms with Crippen LogP contribution in [0.2, 0.25) is 0 Å². The Morgan fingerprint density at radius 3 is 2.67 bits per heavy atom. The van der Waals surface area contributed by atoms with Crippen LogP contribution >= 0.6 is 0 Å². The van der Waals surface area contributed by atoms with Crippen molar-refractivity contribution in [2.45, 2.75) is 61.4 Å². The van der Waals surface area contributed by atoms with E-state index in [1.54, 1.807) is 17.4 Å². The Bertz CT molecular complexity index is 1280. The Morgan fingerprint density at radius 2 is 1.97 bits per heavy atom. The number of benzene rings is 1. The number of carbonyl (C=O) groups is 2. The van der Waals surface area contributed by atoms with Gasteiger partial charge in [-0.25, -0.2) is 9.98 Å². The Labute approximate surface area is 220 Å². The first-order valence-electron chi connectivity index (χ1n) is 12.2. The van der Waals surface area contributed by atoms with Gasteiger partial charge in [0.2, 0.25) is 5.79 Å². The second-order valence-electron chi connectivity index (χ2n) is 10.6. The molecule has 1 saturated heterocycles. The zero-order valence-corrected chi connectivity index (χ0v) is 21.0. The van der Waals surface area contributed by atoms with Crippen molar-refractivity contribution in [3.63, 3.8) is 0 Å². The number of nitrogens with zero attached hydrogens (tertiary/aromatic N) is 3. The highest BCUT2D eigenvalue weighted by Crippen LogP contribution is 2.45. The van der Waals surface area contributed by atoms with Crippen LogP contribution in [0.4, 0.5) is 13.2 Å². The molecule has 0 aliphatic carbocycles. The first-order chi connectivity index (χ1) is 18.1. The Kier molecular flexibility index (Phi) is 5.92. The maximum absolute atomic E-state index is 13.4. The summed E-state index contributed by atoms with van der Waals surface area (Å²) in [5.74, 6) is -5.79. The summed E-state index contributed by atoms with van der Waals surface area (Å²) in [4.78, 5) is 34.3. The van der Waals surface area contributed by atoms with Gasteiger partial charge in [0.1, 0.15) is 17.8 Å². The SMILES string of the molecule is CC1(C)CCOc2c(C(=O)N[C@H]3CN4C(N)=N[C@@H](CNC(=O)C(F)(F)F)[C@@H]5N=C(N)N[C@@]54C3(O)O)cccc21. The number of alkyl halides is 3. The topological polar surface area (TPSA) is 200 Å². The molecular formula is C23H29F3N8O5. The van der Waals surface area contributed by atoms with Gasteiger partial charge in [0.05, 0.1) is 18.2 Å². The summed E-state index contributed by atoms with van der Waals surface area (Å²) < 4.78 is 44.0. The number of aliphatic hydroxyl groups is 2. The van der Waals surface area contributed by atoms with Gasteiger partial charge in [-0.2, -0.15) is 13.2 Å². The summed E-state index contributed by atoms with van der Waals surface area (Å²) in [7, 11) is 0. The molecule has 39 heavy (non-hydrogen) atoms. The van der Waals surface area contributed by atoms with Crippen LogP contribution in [0.1, 0.15) is 36.2 Å². The Morgan fingerprint density at radius 1 is 1.26 bits per heavy atom. The molecule has 9 N–H and O–H groups in total. The highest BCUT2D eigenvalue weighted by Gasteiger charge is 2.73. The molecular weight excluding hydrogens is 525 g/mol. The van der Waals surface area contributed by atoms with Gasteiger partial charge in [0, 0.05) is 18.7 Å². The molecule has 2 amide bonds. The molecule has 0 bridgehead atoms. The molecule has 5 rings (SSSR count). The number of ether oxygens (including phenoxy) is 1. The van der Waals surface area contributed by atoms with Crippen molar-refractivity contribution in [1.82, 2.24) is 20.9 Å². The smallest absolute Gasteiger partial charge is 0.471 e. The van der Waals surface area contributed by atoms with Crippen molar-refractivity contribution in [3.8, 4) is 5.75 Å². The number of halogens is 3. The van der Waals surface area contributed by atoms with E-state index in [0.29, 0.717) is 12.4 Å². The minimum atomic E-state index is -5.14. The van der Waals surface area contributed by atoms with E-state index in [-0.39, 0.29) is 29.4 Å². The molecule has 0 radical (unpaired) electrons. The van der Waals surface area contributed by atoms with Crippen molar-refractivity contribution in [2.24, 2.45) is 21.5 Å². The quantitative estimate of drug-likeness (QED) is 0.210. The fourth-order valence-corrected chi connectivity index (χ4v) is 5.73. The molecule has 4 atom stereocenters. The number of rotatable bonds is 4. The van der Waals surface area contributed by atoms with Crippen LogP contribution in [0, 0.1) is 0 Å². The third kappa shape index (κ3) is 4.00. The monoisotopic (exact) mass is 554 g/mol. The van der Waals surface area contributed by atoms with E-state index in [1.165, 1.54) is 4.90 Å². The normalized spacial score (nSPS) is 30.0. The molecule has 0 aromatic heterocycles. The number of nitrogens with two attached hydrogens (primary N) is 2. The fraction of sp³-hybridized carbons (Fsp3) is 0.565. The molecule has 13 nitrogen and oxygen atoms in total. The second kappa shape index (κ2) is 8.61. The molecule has 1 aromatic carbocycles. The van der Waals surface area contributed by atoms with Crippen molar-refractivity contribution in [2.75, 3.05) is 19.7 Å². The number of hydrogen-bond donors (Lipinski definition) is 7. The van der Waals surface area contributed by atoms with Gasteiger partial charge >= 0.3 is 12.1 Å². The summed E-state index contributed by atoms with van der Waals surface area (Å²) >= 11 is 0. The third-order valence-electron chi connectivity index (χ3n) is 7.80. The number of amides is 2. The molecule has 4 aliphatic rings. The van der Waals surface area contributed by atoms with Crippen molar-refractivity contribution < 1.29 is 37.7 Å². The predicted molar refractivity (Wildman–Crippen MR) is 130 cm³/mol. The predicted octanol–water partition coefficient (Wildman–Crippen LogP) is -1.80. The zero-order valence-electron chi connectivity index (χ0n) is 21.0. The number of guanidine groups is 2. The number of carbonyl (C=O) groups excluding carboxylic acids is 2. The highest BCUT2D eigenvalue weighted by molar-refractivity contribution is 5.98. The highest BCUT2D eigenvalue weighted by atomic mass is 19.4. The maximum atomic E-state index is 13.4. The number of para-hydroxylation sites is 1. The minimum Gasteiger partial charge on any atom is -0.492 e. The van der Waals surface area contributed by atoms with E-state index in [4.69, 9.17) is 16.2 Å². The molecule has 4 aliphatic heterocycles. The second-order valence-corrected chi connectivity index (χ2v) is 10.6. The van der Waals surface area contributed by atoms with Gasteiger partial charge in [-0.1, -0.05) is 26.0 Å². The van der Waals surface area contributed by atoms with Gasteiger partial charge in [-0.15, -0.1) is 0 Å². The first-order valence-corrected chi connectivity index (χ1v) is 12.2. The van der Waals surface area contributed by atoms with Gasteiger partial charge < -0.3 is 47.3 Å². The number of fused-ring (bicyclic) bond motifs is 1. The van der Waals surface area contributed by atoms with Crippen LogP contribution in [-0.2, 0) is 10.2 Å². The fourth-order valence-electron chi connectivity index (χ4n) is 5.73. The van der Waals surface area contributed by atoms with Crippen molar-refractivity contribution >= 4 is 23.7 Å². The van der Waals surface area contributed by atoms with E-state index in [2.05, 4.69) is 20.6 Å². The maximum Gasteiger partial charge on any atom is 0.471 e. The third-order valence-corrected chi connectivity index (χ3v) is 7.80. The Balaban J connectivity index is 1.43. The number of nitrogens with one attached hydrogen (secondary N) is 3. The molecule has 0 saturated carbocycles. The van der Waals surface area contributed by atoms with Crippen LogP contribution in [0.15, 0.2) is 28.2 Å². The lowest BCUT2D eigenvalue weighted by molar-refractivity contribution is -0.230. The minimum absolute atomic E-state index is 0.194. The van der Waals surface area contributed by atoms with Gasteiger partial charge in [0.15, 0.2) is 17.6 Å². The summed E-state index contributed by atoms with van der Waals surface area (Å²) in [5, 5.41) is 30.0. The molecule has 4 heterocycles. The van der Waals surface area contributed by atoms with Crippen molar-refractivity contribution in [1.29, 1.82) is 0 Å². The molecule has 0 unspecified atom stereocenters. The largest absolute Gasteiger partial charge is 0.492 e.